The molecule has 1 aliphatic carbocycles. The van der Waals surface area contributed by atoms with Crippen LogP contribution < -0.4 is 5.32 Å². The molecule has 0 aromatic heterocycles. The molecular formula is C17H24N2. The summed E-state index contributed by atoms with van der Waals surface area (Å²) in [4.78, 5) is 0. The molecule has 2 heteroatoms. The van der Waals surface area contributed by atoms with Gasteiger partial charge >= 0.3 is 0 Å². The second-order valence-corrected chi connectivity index (χ2v) is 5.73. The van der Waals surface area contributed by atoms with E-state index >= 15 is 0 Å². The molecule has 102 valence electrons. The third-order valence-electron chi connectivity index (χ3n) is 4.29. The number of hydrogen-bond donors (Lipinski definition) is 1. The van der Waals surface area contributed by atoms with Gasteiger partial charge in [0.15, 0.2) is 0 Å². The fourth-order valence-electron chi connectivity index (χ4n) is 3.01. The number of hydrogen-bond acceptors (Lipinski definition) is 2. The van der Waals surface area contributed by atoms with E-state index in [0.717, 1.165) is 18.0 Å². The van der Waals surface area contributed by atoms with Crippen molar-refractivity contribution in [2.75, 3.05) is 0 Å². The first-order valence-electron chi connectivity index (χ1n) is 7.52. The molecule has 0 bridgehead atoms. The Balaban J connectivity index is 1.85. The highest BCUT2D eigenvalue weighted by atomic mass is 14.9. The molecule has 0 heterocycles. The first-order chi connectivity index (χ1) is 9.29. The summed E-state index contributed by atoms with van der Waals surface area (Å²) >= 11 is 0. The SMILES string of the molecule is C[C@@H](NCc1cccc(C#N)c1)C1CCCCCC1. The molecule has 0 amide bonds. The molecule has 0 unspecified atom stereocenters. The zero-order chi connectivity index (χ0) is 13.5. The average Bonchev–Trinajstić information content (AvgIpc) is 2.74. The Bertz CT molecular complexity index is 425. The molecule has 1 aromatic rings. The second-order valence-electron chi connectivity index (χ2n) is 5.73. The number of nitriles is 1. The van der Waals surface area contributed by atoms with E-state index in [-0.39, 0.29) is 0 Å². The maximum absolute atomic E-state index is 8.90. The van der Waals surface area contributed by atoms with Crippen LogP contribution in [0, 0.1) is 17.2 Å². The van der Waals surface area contributed by atoms with Gasteiger partial charge in [0.05, 0.1) is 11.6 Å². The molecule has 1 saturated carbocycles. The van der Waals surface area contributed by atoms with Crippen molar-refractivity contribution in [1.29, 1.82) is 5.26 Å². The van der Waals surface area contributed by atoms with Gasteiger partial charge in [-0.15, -0.1) is 0 Å². The van der Waals surface area contributed by atoms with Crippen molar-refractivity contribution in [1.82, 2.24) is 5.32 Å². The van der Waals surface area contributed by atoms with Gasteiger partial charge in [0.25, 0.3) is 0 Å². The molecule has 0 aliphatic heterocycles. The summed E-state index contributed by atoms with van der Waals surface area (Å²) in [7, 11) is 0. The van der Waals surface area contributed by atoms with Gasteiger partial charge in [0, 0.05) is 12.6 Å². The molecule has 2 rings (SSSR count). The lowest BCUT2D eigenvalue weighted by atomic mass is 9.93. The summed E-state index contributed by atoms with van der Waals surface area (Å²) in [6.07, 6.45) is 8.33. The number of benzene rings is 1. The van der Waals surface area contributed by atoms with Crippen molar-refractivity contribution in [3.05, 3.63) is 35.4 Å². The minimum atomic E-state index is 0.573. The minimum absolute atomic E-state index is 0.573. The fourth-order valence-corrected chi connectivity index (χ4v) is 3.01. The van der Waals surface area contributed by atoms with E-state index in [4.69, 9.17) is 5.26 Å². The van der Waals surface area contributed by atoms with Crippen molar-refractivity contribution < 1.29 is 0 Å². The Kier molecular flexibility index (Phi) is 5.42. The first-order valence-corrected chi connectivity index (χ1v) is 7.52. The molecule has 1 aliphatic rings. The van der Waals surface area contributed by atoms with Gasteiger partial charge in [0.1, 0.15) is 0 Å². The molecule has 1 aromatic carbocycles. The van der Waals surface area contributed by atoms with Crippen LogP contribution >= 0.6 is 0 Å². The maximum atomic E-state index is 8.90. The molecule has 19 heavy (non-hydrogen) atoms. The van der Waals surface area contributed by atoms with E-state index < -0.39 is 0 Å². The summed E-state index contributed by atoms with van der Waals surface area (Å²) in [5, 5.41) is 12.5. The van der Waals surface area contributed by atoms with Crippen LogP contribution in [0.25, 0.3) is 0 Å². The Morgan fingerprint density at radius 3 is 2.68 bits per heavy atom. The third-order valence-corrected chi connectivity index (χ3v) is 4.29. The molecule has 1 fully saturated rings. The zero-order valence-electron chi connectivity index (χ0n) is 11.9. The lowest BCUT2D eigenvalue weighted by Crippen LogP contribution is -2.32. The van der Waals surface area contributed by atoms with E-state index in [1.165, 1.54) is 44.1 Å². The highest BCUT2D eigenvalue weighted by molar-refractivity contribution is 5.32. The predicted octanol–water partition coefficient (Wildman–Crippen LogP) is 4.01. The largest absolute Gasteiger partial charge is 0.310 e. The Morgan fingerprint density at radius 1 is 1.26 bits per heavy atom. The molecule has 1 atom stereocenters. The van der Waals surface area contributed by atoms with Crippen LogP contribution in [-0.2, 0) is 6.54 Å². The normalized spacial score (nSPS) is 18.5. The molecule has 0 radical (unpaired) electrons. The quantitative estimate of drug-likeness (QED) is 0.826. The summed E-state index contributed by atoms with van der Waals surface area (Å²) in [5.41, 5.74) is 1.96. The minimum Gasteiger partial charge on any atom is -0.310 e. The lowest BCUT2D eigenvalue weighted by molar-refractivity contribution is 0.336. The van der Waals surface area contributed by atoms with Gasteiger partial charge in [-0.25, -0.2) is 0 Å². The summed E-state index contributed by atoms with van der Waals surface area (Å²) in [6, 6.07) is 10.7. The predicted molar refractivity (Wildman–Crippen MR) is 78.7 cm³/mol. The van der Waals surface area contributed by atoms with Crippen LogP contribution in [0.3, 0.4) is 0 Å². The van der Waals surface area contributed by atoms with Crippen molar-refractivity contribution in [3.8, 4) is 6.07 Å². The van der Waals surface area contributed by atoms with Crippen molar-refractivity contribution in [2.24, 2.45) is 5.92 Å². The molecule has 2 nitrogen and oxygen atoms in total. The maximum Gasteiger partial charge on any atom is 0.0991 e. The van der Waals surface area contributed by atoms with Gasteiger partial charge in [-0.1, -0.05) is 37.8 Å². The van der Waals surface area contributed by atoms with E-state index in [1.807, 2.05) is 18.2 Å². The average molecular weight is 256 g/mol. The monoisotopic (exact) mass is 256 g/mol. The van der Waals surface area contributed by atoms with Crippen molar-refractivity contribution in [2.45, 2.75) is 58.0 Å². The van der Waals surface area contributed by atoms with Crippen molar-refractivity contribution >= 4 is 0 Å². The highest BCUT2D eigenvalue weighted by Gasteiger charge is 2.18. The number of nitrogens with zero attached hydrogens (tertiary/aromatic N) is 1. The van der Waals surface area contributed by atoms with Gasteiger partial charge < -0.3 is 5.32 Å². The Labute approximate surface area is 116 Å². The van der Waals surface area contributed by atoms with Crippen LogP contribution in [0.2, 0.25) is 0 Å². The molecule has 0 spiro atoms. The standard InChI is InChI=1S/C17H24N2/c1-14(17-9-4-2-3-5-10-17)19-13-16-8-6-7-15(11-16)12-18/h6-8,11,14,17,19H,2-5,9-10,13H2,1H3/t14-/m1/s1. The first kappa shape index (κ1) is 14.1. The number of nitrogens with one attached hydrogen (secondary N) is 1. The van der Waals surface area contributed by atoms with Crippen LogP contribution in [0.1, 0.15) is 56.6 Å². The van der Waals surface area contributed by atoms with E-state index in [0.29, 0.717) is 6.04 Å². The van der Waals surface area contributed by atoms with Crippen molar-refractivity contribution in [3.63, 3.8) is 0 Å². The van der Waals surface area contributed by atoms with Gasteiger partial charge in [-0.05, 0) is 43.4 Å². The van der Waals surface area contributed by atoms with Crippen LogP contribution in [0.4, 0.5) is 0 Å². The van der Waals surface area contributed by atoms with E-state index in [9.17, 15) is 0 Å². The summed E-state index contributed by atoms with van der Waals surface area (Å²) in [5.74, 6) is 0.821. The van der Waals surface area contributed by atoms with Gasteiger partial charge in [0.2, 0.25) is 0 Å². The third kappa shape index (κ3) is 4.36. The highest BCUT2D eigenvalue weighted by Crippen LogP contribution is 2.25. The number of rotatable bonds is 4. The van der Waals surface area contributed by atoms with E-state index in [2.05, 4.69) is 24.4 Å². The van der Waals surface area contributed by atoms with Gasteiger partial charge in [-0.2, -0.15) is 5.26 Å². The van der Waals surface area contributed by atoms with Crippen LogP contribution in [-0.4, -0.2) is 6.04 Å². The topological polar surface area (TPSA) is 35.8 Å². The Hall–Kier alpha value is -1.33. The van der Waals surface area contributed by atoms with Crippen LogP contribution in [0.15, 0.2) is 24.3 Å². The summed E-state index contributed by atoms with van der Waals surface area (Å²) < 4.78 is 0. The van der Waals surface area contributed by atoms with Gasteiger partial charge in [-0.3, -0.25) is 0 Å². The molecule has 0 saturated heterocycles. The molecular weight excluding hydrogens is 232 g/mol. The molecule has 1 N–H and O–H groups in total. The smallest absolute Gasteiger partial charge is 0.0991 e. The van der Waals surface area contributed by atoms with Crippen LogP contribution in [0.5, 0.6) is 0 Å². The Morgan fingerprint density at radius 2 is 2.00 bits per heavy atom. The second kappa shape index (κ2) is 7.31. The fraction of sp³-hybridized carbons (Fsp3) is 0.588. The van der Waals surface area contributed by atoms with E-state index in [1.54, 1.807) is 0 Å². The summed E-state index contributed by atoms with van der Waals surface area (Å²) in [6.45, 7) is 3.18. The lowest BCUT2D eigenvalue weighted by Gasteiger charge is -2.23. The zero-order valence-corrected chi connectivity index (χ0v) is 11.9.